The van der Waals surface area contributed by atoms with Gasteiger partial charge in [0.25, 0.3) is 0 Å². The van der Waals surface area contributed by atoms with Crippen LogP contribution in [0.4, 0.5) is 0 Å². The van der Waals surface area contributed by atoms with Crippen LogP contribution in [0.15, 0.2) is 35.3 Å². The summed E-state index contributed by atoms with van der Waals surface area (Å²) in [4.78, 5) is 10.1. The molecule has 130 valence electrons. The SMILES string of the molecule is CN=C(NCc1nc(C)c(C)s1)NCC(C)(C)Cc1ccccc1. The van der Waals surface area contributed by atoms with Crippen LogP contribution < -0.4 is 10.6 Å². The van der Waals surface area contributed by atoms with Crippen LogP contribution in [0, 0.1) is 19.3 Å². The van der Waals surface area contributed by atoms with E-state index in [1.54, 1.807) is 18.4 Å². The van der Waals surface area contributed by atoms with Crippen molar-refractivity contribution in [1.82, 2.24) is 15.6 Å². The molecule has 2 rings (SSSR count). The maximum absolute atomic E-state index is 4.55. The normalized spacial score (nSPS) is 12.3. The first-order valence-corrected chi connectivity index (χ1v) is 9.12. The minimum Gasteiger partial charge on any atom is -0.356 e. The second-order valence-electron chi connectivity index (χ2n) is 6.86. The van der Waals surface area contributed by atoms with E-state index in [0.29, 0.717) is 6.54 Å². The summed E-state index contributed by atoms with van der Waals surface area (Å²) in [5.74, 6) is 0.821. The number of nitrogens with zero attached hydrogens (tertiary/aromatic N) is 2. The van der Waals surface area contributed by atoms with Crippen LogP contribution in [0.2, 0.25) is 0 Å². The van der Waals surface area contributed by atoms with E-state index in [4.69, 9.17) is 0 Å². The molecule has 5 heteroatoms. The number of benzene rings is 1. The zero-order valence-corrected chi connectivity index (χ0v) is 16.1. The molecule has 0 bridgehead atoms. The van der Waals surface area contributed by atoms with Crippen LogP contribution >= 0.6 is 11.3 Å². The van der Waals surface area contributed by atoms with Gasteiger partial charge in [0.15, 0.2) is 5.96 Å². The summed E-state index contributed by atoms with van der Waals surface area (Å²) in [6, 6.07) is 10.6. The van der Waals surface area contributed by atoms with Gasteiger partial charge in [0.2, 0.25) is 0 Å². The van der Waals surface area contributed by atoms with Gasteiger partial charge in [-0.05, 0) is 31.2 Å². The third kappa shape index (κ3) is 5.64. The van der Waals surface area contributed by atoms with E-state index >= 15 is 0 Å². The average Bonchev–Trinajstić information content (AvgIpc) is 2.86. The van der Waals surface area contributed by atoms with Crippen molar-refractivity contribution in [1.29, 1.82) is 0 Å². The fourth-order valence-electron chi connectivity index (χ4n) is 2.53. The van der Waals surface area contributed by atoms with Crippen molar-refractivity contribution in [2.24, 2.45) is 10.4 Å². The summed E-state index contributed by atoms with van der Waals surface area (Å²) in [6.45, 7) is 10.3. The minimum absolute atomic E-state index is 0.146. The highest BCUT2D eigenvalue weighted by Gasteiger charge is 2.19. The molecule has 0 fully saturated rings. The molecule has 0 saturated heterocycles. The molecule has 0 atom stereocenters. The van der Waals surface area contributed by atoms with E-state index in [-0.39, 0.29) is 5.41 Å². The van der Waals surface area contributed by atoms with E-state index < -0.39 is 0 Å². The third-order valence-corrected chi connectivity index (χ3v) is 5.04. The van der Waals surface area contributed by atoms with Gasteiger partial charge in [-0.1, -0.05) is 44.2 Å². The maximum Gasteiger partial charge on any atom is 0.191 e. The van der Waals surface area contributed by atoms with E-state index in [1.807, 2.05) is 0 Å². The van der Waals surface area contributed by atoms with Crippen molar-refractivity contribution < 1.29 is 0 Å². The highest BCUT2D eigenvalue weighted by molar-refractivity contribution is 7.11. The van der Waals surface area contributed by atoms with Crippen molar-refractivity contribution in [3.63, 3.8) is 0 Å². The molecule has 1 aromatic heterocycles. The van der Waals surface area contributed by atoms with Gasteiger partial charge in [-0.3, -0.25) is 4.99 Å². The molecular formula is C19H28N4S. The predicted molar refractivity (Wildman–Crippen MR) is 104 cm³/mol. The molecule has 2 N–H and O–H groups in total. The monoisotopic (exact) mass is 344 g/mol. The zero-order valence-electron chi connectivity index (χ0n) is 15.3. The van der Waals surface area contributed by atoms with Gasteiger partial charge in [0.05, 0.1) is 12.2 Å². The smallest absolute Gasteiger partial charge is 0.191 e. The number of aliphatic imine (C=N–C) groups is 1. The van der Waals surface area contributed by atoms with Gasteiger partial charge >= 0.3 is 0 Å². The highest BCUT2D eigenvalue weighted by atomic mass is 32.1. The largest absolute Gasteiger partial charge is 0.356 e. The quantitative estimate of drug-likeness (QED) is 0.621. The highest BCUT2D eigenvalue weighted by Crippen LogP contribution is 2.20. The van der Waals surface area contributed by atoms with Crippen LogP contribution in [0.25, 0.3) is 0 Å². The number of rotatable bonds is 6. The summed E-state index contributed by atoms with van der Waals surface area (Å²) < 4.78 is 0. The third-order valence-electron chi connectivity index (χ3n) is 3.96. The average molecular weight is 345 g/mol. The predicted octanol–water partition coefficient (Wildman–Crippen LogP) is 3.69. The van der Waals surface area contributed by atoms with Crippen LogP contribution in [0.1, 0.15) is 35.0 Å². The summed E-state index contributed by atoms with van der Waals surface area (Å²) in [6.07, 6.45) is 1.03. The van der Waals surface area contributed by atoms with Crippen molar-refractivity contribution in [3.05, 3.63) is 51.5 Å². The first-order chi connectivity index (χ1) is 11.4. The minimum atomic E-state index is 0.146. The molecule has 2 aromatic rings. The summed E-state index contributed by atoms with van der Waals surface area (Å²) >= 11 is 1.74. The Labute approximate surface area is 149 Å². The first kappa shape index (κ1) is 18.5. The number of aromatic nitrogens is 1. The molecule has 0 radical (unpaired) electrons. The molecule has 4 nitrogen and oxygen atoms in total. The lowest BCUT2D eigenvalue weighted by Crippen LogP contribution is -2.42. The van der Waals surface area contributed by atoms with Gasteiger partial charge < -0.3 is 10.6 Å². The Morgan fingerprint density at radius 1 is 1.17 bits per heavy atom. The number of guanidine groups is 1. The standard InChI is InChI=1S/C19H28N4S/c1-14-15(2)24-17(23-14)12-21-18(20-5)22-13-19(3,4)11-16-9-7-6-8-10-16/h6-10H,11-13H2,1-5H3,(H2,20,21,22). The molecule has 1 aromatic carbocycles. The number of nitrogens with one attached hydrogen (secondary N) is 2. The first-order valence-electron chi connectivity index (χ1n) is 8.31. The second-order valence-corrected chi connectivity index (χ2v) is 8.14. The van der Waals surface area contributed by atoms with Crippen molar-refractivity contribution >= 4 is 17.3 Å². The van der Waals surface area contributed by atoms with E-state index in [2.05, 4.69) is 78.6 Å². The Hall–Kier alpha value is -1.88. The lowest BCUT2D eigenvalue weighted by atomic mass is 9.86. The zero-order chi connectivity index (χ0) is 17.6. The fourth-order valence-corrected chi connectivity index (χ4v) is 3.40. The summed E-state index contributed by atoms with van der Waals surface area (Å²) in [7, 11) is 1.80. The van der Waals surface area contributed by atoms with Crippen LogP contribution in [-0.4, -0.2) is 24.5 Å². The molecule has 1 heterocycles. The lowest BCUT2D eigenvalue weighted by Gasteiger charge is -2.26. The number of hydrogen-bond acceptors (Lipinski definition) is 3. The Kier molecular flexibility index (Phi) is 6.37. The molecule has 0 aliphatic rings. The molecule has 0 amide bonds. The summed E-state index contributed by atoms with van der Waals surface area (Å²) in [5.41, 5.74) is 2.62. The van der Waals surface area contributed by atoms with Crippen LogP contribution in [0.5, 0.6) is 0 Å². The Bertz CT molecular complexity index is 654. The van der Waals surface area contributed by atoms with Gasteiger partial charge in [-0.15, -0.1) is 11.3 Å². The van der Waals surface area contributed by atoms with Gasteiger partial charge in [0.1, 0.15) is 5.01 Å². The Balaban J connectivity index is 1.84. The van der Waals surface area contributed by atoms with Gasteiger partial charge in [-0.2, -0.15) is 0 Å². The molecule has 0 aliphatic carbocycles. The van der Waals surface area contributed by atoms with E-state index in [9.17, 15) is 0 Å². The van der Waals surface area contributed by atoms with Crippen molar-refractivity contribution in [3.8, 4) is 0 Å². The number of thiazole rings is 1. The van der Waals surface area contributed by atoms with Crippen molar-refractivity contribution in [2.75, 3.05) is 13.6 Å². The molecule has 0 aliphatic heterocycles. The topological polar surface area (TPSA) is 49.3 Å². The molecular weight excluding hydrogens is 316 g/mol. The van der Waals surface area contributed by atoms with Crippen LogP contribution in [0.3, 0.4) is 0 Å². The van der Waals surface area contributed by atoms with E-state index in [0.717, 1.165) is 29.6 Å². The maximum atomic E-state index is 4.55. The molecule has 24 heavy (non-hydrogen) atoms. The lowest BCUT2D eigenvalue weighted by molar-refractivity contribution is 0.359. The number of hydrogen-bond donors (Lipinski definition) is 2. The molecule has 0 spiro atoms. The van der Waals surface area contributed by atoms with Crippen LogP contribution in [-0.2, 0) is 13.0 Å². The summed E-state index contributed by atoms with van der Waals surface area (Å²) in [5, 5.41) is 7.88. The Morgan fingerprint density at radius 2 is 1.88 bits per heavy atom. The van der Waals surface area contributed by atoms with Crippen molar-refractivity contribution in [2.45, 2.75) is 40.7 Å². The number of aryl methyl sites for hydroxylation is 2. The van der Waals surface area contributed by atoms with Gasteiger partial charge in [-0.25, -0.2) is 4.98 Å². The fraction of sp³-hybridized carbons (Fsp3) is 0.474. The van der Waals surface area contributed by atoms with Gasteiger partial charge in [0, 0.05) is 18.5 Å². The molecule has 0 unspecified atom stereocenters. The second kappa shape index (κ2) is 8.29. The Morgan fingerprint density at radius 3 is 2.46 bits per heavy atom. The van der Waals surface area contributed by atoms with E-state index in [1.165, 1.54) is 10.4 Å². The molecule has 0 saturated carbocycles.